The summed E-state index contributed by atoms with van der Waals surface area (Å²) in [4.78, 5) is 0. The second-order valence-electron chi connectivity index (χ2n) is 7.80. The van der Waals surface area contributed by atoms with Crippen molar-refractivity contribution in [2.45, 2.75) is 77.8 Å². The van der Waals surface area contributed by atoms with Crippen LogP contribution in [0.5, 0.6) is 0 Å². The Morgan fingerprint density at radius 2 is 1.86 bits per heavy atom. The molecule has 0 amide bonds. The van der Waals surface area contributed by atoms with Gasteiger partial charge in [-0.15, -0.1) is 0 Å². The molecule has 1 aromatic carbocycles. The van der Waals surface area contributed by atoms with E-state index in [4.69, 9.17) is 0 Å². The van der Waals surface area contributed by atoms with Gasteiger partial charge in [0.15, 0.2) is 0 Å². The summed E-state index contributed by atoms with van der Waals surface area (Å²) in [5.41, 5.74) is 4.48. The van der Waals surface area contributed by atoms with E-state index in [0.717, 1.165) is 17.9 Å². The minimum atomic E-state index is 0.593. The van der Waals surface area contributed by atoms with Gasteiger partial charge >= 0.3 is 0 Å². The molecule has 1 aliphatic heterocycles. The van der Waals surface area contributed by atoms with Gasteiger partial charge in [-0.25, -0.2) is 0 Å². The molecular weight excluding hydrogens is 254 g/mol. The van der Waals surface area contributed by atoms with Crippen molar-refractivity contribution in [3.8, 4) is 0 Å². The predicted molar refractivity (Wildman–Crippen MR) is 90.6 cm³/mol. The Morgan fingerprint density at radius 3 is 2.67 bits per heavy atom. The number of piperidine rings is 1. The molecule has 1 aromatic rings. The fourth-order valence-electron chi connectivity index (χ4n) is 4.44. The molecule has 1 aliphatic carbocycles. The molecule has 1 saturated heterocycles. The maximum atomic E-state index is 3.98. The molecule has 0 spiro atoms. The molecule has 1 saturated carbocycles. The van der Waals surface area contributed by atoms with Crippen molar-refractivity contribution < 1.29 is 0 Å². The quantitative estimate of drug-likeness (QED) is 0.807. The van der Waals surface area contributed by atoms with Crippen LogP contribution in [0.4, 0.5) is 0 Å². The molecule has 0 aromatic heterocycles. The van der Waals surface area contributed by atoms with Gasteiger partial charge in [-0.1, -0.05) is 50.5 Å². The molecule has 0 radical (unpaired) electrons. The third-order valence-corrected chi connectivity index (χ3v) is 5.36. The van der Waals surface area contributed by atoms with E-state index >= 15 is 0 Å². The summed E-state index contributed by atoms with van der Waals surface area (Å²) in [5.74, 6) is 1.69. The first-order valence-electron chi connectivity index (χ1n) is 8.98. The Bertz CT molecular complexity index is 477. The summed E-state index contributed by atoms with van der Waals surface area (Å²) in [5, 5.41) is 3.98. The van der Waals surface area contributed by atoms with Crippen LogP contribution >= 0.6 is 0 Å². The van der Waals surface area contributed by atoms with Gasteiger partial charge in [0.25, 0.3) is 0 Å². The van der Waals surface area contributed by atoms with Crippen molar-refractivity contribution in [1.82, 2.24) is 5.32 Å². The Hall–Kier alpha value is -0.820. The number of hydrogen-bond acceptors (Lipinski definition) is 1. The van der Waals surface area contributed by atoms with E-state index in [-0.39, 0.29) is 0 Å². The lowest BCUT2D eigenvalue weighted by atomic mass is 9.76. The number of rotatable bonds is 3. The highest BCUT2D eigenvalue weighted by Crippen LogP contribution is 2.37. The summed E-state index contributed by atoms with van der Waals surface area (Å²) in [6, 6.07) is 8.62. The minimum Gasteiger partial charge on any atom is -0.307 e. The van der Waals surface area contributed by atoms with Crippen molar-refractivity contribution in [3.63, 3.8) is 0 Å². The van der Waals surface area contributed by atoms with Crippen molar-refractivity contribution in [2.75, 3.05) is 0 Å². The van der Waals surface area contributed by atoms with Crippen LogP contribution in [0.25, 0.3) is 0 Å². The van der Waals surface area contributed by atoms with Crippen LogP contribution in [0.2, 0.25) is 0 Å². The highest BCUT2D eigenvalue weighted by atomic mass is 15.0. The zero-order valence-corrected chi connectivity index (χ0v) is 14.0. The first kappa shape index (κ1) is 15.1. The summed E-state index contributed by atoms with van der Waals surface area (Å²) in [6.07, 6.45) is 9.68. The zero-order valence-electron chi connectivity index (χ0n) is 14.0. The number of benzene rings is 1. The van der Waals surface area contributed by atoms with Gasteiger partial charge in [0.05, 0.1) is 0 Å². The van der Waals surface area contributed by atoms with Gasteiger partial charge in [-0.3, -0.25) is 0 Å². The second kappa shape index (κ2) is 6.52. The van der Waals surface area contributed by atoms with E-state index in [9.17, 15) is 0 Å². The van der Waals surface area contributed by atoms with Gasteiger partial charge in [0.2, 0.25) is 0 Å². The summed E-state index contributed by atoms with van der Waals surface area (Å²) >= 11 is 0. The fraction of sp³-hybridized carbons (Fsp3) is 0.700. The highest BCUT2D eigenvalue weighted by Gasteiger charge is 2.32. The largest absolute Gasteiger partial charge is 0.307 e. The van der Waals surface area contributed by atoms with E-state index in [1.807, 2.05) is 0 Å². The molecule has 3 rings (SSSR count). The monoisotopic (exact) mass is 285 g/mol. The predicted octanol–water partition coefficient (Wildman–Crippen LogP) is 5.18. The van der Waals surface area contributed by atoms with E-state index in [1.165, 1.54) is 61.6 Å². The second-order valence-corrected chi connectivity index (χ2v) is 7.80. The van der Waals surface area contributed by atoms with Crippen LogP contribution in [0.15, 0.2) is 18.2 Å². The van der Waals surface area contributed by atoms with E-state index < -0.39 is 0 Å². The van der Waals surface area contributed by atoms with Crippen molar-refractivity contribution in [2.24, 2.45) is 11.8 Å². The molecule has 1 nitrogen and oxygen atoms in total. The van der Waals surface area contributed by atoms with Crippen LogP contribution < -0.4 is 5.32 Å². The highest BCUT2D eigenvalue weighted by molar-refractivity contribution is 5.32. The number of aryl methyl sites for hydroxylation is 1. The van der Waals surface area contributed by atoms with Crippen LogP contribution in [0, 0.1) is 18.8 Å². The fourth-order valence-corrected chi connectivity index (χ4v) is 4.44. The van der Waals surface area contributed by atoms with Crippen molar-refractivity contribution in [3.05, 3.63) is 34.9 Å². The average molecular weight is 285 g/mol. The molecule has 2 aliphatic rings. The SMILES string of the molecule is Cc1cc(CC(C)C)cc(C2CCC3CCCCC3N2)c1. The van der Waals surface area contributed by atoms with Gasteiger partial charge < -0.3 is 5.32 Å². The van der Waals surface area contributed by atoms with Crippen LogP contribution in [0.3, 0.4) is 0 Å². The smallest absolute Gasteiger partial charge is 0.0323 e. The molecular formula is C20H31N. The van der Waals surface area contributed by atoms with Crippen LogP contribution in [-0.4, -0.2) is 6.04 Å². The lowest BCUT2D eigenvalue weighted by Gasteiger charge is -2.41. The van der Waals surface area contributed by atoms with E-state index in [0.29, 0.717) is 6.04 Å². The molecule has 1 heteroatoms. The Kier molecular flexibility index (Phi) is 4.69. The zero-order chi connectivity index (χ0) is 14.8. The Morgan fingerprint density at radius 1 is 1.05 bits per heavy atom. The maximum absolute atomic E-state index is 3.98. The van der Waals surface area contributed by atoms with Gasteiger partial charge in [0.1, 0.15) is 0 Å². The molecule has 2 fully saturated rings. The Labute approximate surface area is 130 Å². The van der Waals surface area contributed by atoms with Crippen molar-refractivity contribution >= 4 is 0 Å². The third kappa shape index (κ3) is 3.69. The van der Waals surface area contributed by atoms with Crippen molar-refractivity contribution in [1.29, 1.82) is 0 Å². The lowest BCUT2D eigenvalue weighted by molar-refractivity contribution is 0.177. The summed E-state index contributed by atoms with van der Waals surface area (Å²) < 4.78 is 0. The molecule has 1 heterocycles. The van der Waals surface area contributed by atoms with Crippen LogP contribution in [0.1, 0.15) is 75.1 Å². The van der Waals surface area contributed by atoms with Crippen LogP contribution in [-0.2, 0) is 6.42 Å². The van der Waals surface area contributed by atoms with Gasteiger partial charge in [0, 0.05) is 12.1 Å². The first-order chi connectivity index (χ1) is 10.1. The summed E-state index contributed by atoms with van der Waals surface area (Å²) in [6.45, 7) is 6.88. The molecule has 3 atom stereocenters. The molecule has 3 unspecified atom stereocenters. The molecule has 116 valence electrons. The third-order valence-electron chi connectivity index (χ3n) is 5.36. The topological polar surface area (TPSA) is 12.0 Å². The normalized spacial score (nSPS) is 29.4. The standard InChI is InChI=1S/C20H31N/c1-14(2)10-16-11-15(3)12-18(13-16)20-9-8-17-6-4-5-7-19(17)21-20/h11-14,17,19-21H,4-10H2,1-3H3. The minimum absolute atomic E-state index is 0.593. The maximum Gasteiger partial charge on any atom is 0.0323 e. The molecule has 21 heavy (non-hydrogen) atoms. The number of nitrogens with one attached hydrogen (secondary N) is 1. The average Bonchev–Trinajstić information content (AvgIpc) is 2.45. The number of fused-ring (bicyclic) bond motifs is 1. The molecule has 0 bridgehead atoms. The van der Waals surface area contributed by atoms with Gasteiger partial charge in [-0.2, -0.15) is 0 Å². The number of hydrogen-bond donors (Lipinski definition) is 1. The first-order valence-corrected chi connectivity index (χ1v) is 8.98. The lowest BCUT2D eigenvalue weighted by Crippen LogP contribution is -2.44. The molecule has 1 N–H and O–H groups in total. The Balaban J connectivity index is 1.75. The van der Waals surface area contributed by atoms with Gasteiger partial charge in [-0.05, 0) is 62.0 Å². The summed E-state index contributed by atoms with van der Waals surface area (Å²) in [7, 11) is 0. The van der Waals surface area contributed by atoms with E-state index in [1.54, 1.807) is 0 Å². The van der Waals surface area contributed by atoms with E-state index in [2.05, 4.69) is 44.3 Å².